The summed E-state index contributed by atoms with van der Waals surface area (Å²) < 4.78 is 69.1. The highest BCUT2D eigenvalue weighted by molar-refractivity contribution is 5.66. The van der Waals surface area contributed by atoms with Gasteiger partial charge in [-0.3, -0.25) is 0 Å². The van der Waals surface area contributed by atoms with Crippen LogP contribution in [0.25, 0.3) is 22.3 Å². The maximum Gasteiger partial charge on any atom is 0.201 e. The Balaban J connectivity index is 1.45. The molecular formula is C31H28F4O3. The highest BCUT2D eigenvalue weighted by Crippen LogP contribution is 2.32. The first-order chi connectivity index (χ1) is 18.3. The van der Waals surface area contributed by atoms with E-state index in [1.807, 2.05) is 6.92 Å². The van der Waals surface area contributed by atoms with Crippen molar-refractivity contribution in [1.29, 1.82) is 0 Å². The molecule has 0 spiro atoms. The van der Waals surface area contributed by atoms with Gasteiger partial charge in [0.05, 0.1) is 12.7 Å². The van der Waals surface area contributed by atoms with Gasteiger partial charge >= 0.3 is 0 Å². The van der Waals surface area contributed by atoms with Crippen molar-refractivity contribution in [2.24, 2.45) is 0 Å². The molecule has 38 heavy (non-hydrogen) atoms. The summed E-state index contributed by atoms with van der Waals surface area (Å²) in [5, 5.41) is 10.1. The molecule has 4 rings (SSSR count). The van der Waals surface area contributed by atoms with Gasteiger partial charge in [-0.05, 0) is 54.3 Å². The van der Waals surface area contributed by atoms with E-state index < -0.39 is 29.4 Å². The van der Waals surface area contributed by atoms with Crippen molar-refractivity contribution in [3.8, 4) is 33.8 Å². The summed E-state index contributed by atoms with van der Waals surface area (Å²) in [6, 6.07) is 18.7. The van der Waals surface area contributed by atoms with Crippen LogP contribution in [-0.2, 0) is 6.61 Å². The molecular weight excluding hydrogens is 496 g/mol. The molecule has 0 heterocycles. The normalized spacial score (nSPS) is 11.9. The van der Waals surface area contributed by atoms with Gasteiger partial charge in [0.25, 0.3) is 0 Å². The minimum atomic E-state index is -1.06. The summed E-state index contributed by atoms with van der Waals surface area (Å²) >= 11 is 0. The third-order valence-electron chi connectivity index (χ3n) is 6.24. The summed E-state index contributed by atoms with van der Waals surface area (Å²) in [4.78, 5) is 0. The first-order valence-corrected chi connectivity index (χ1v) is 12.4. The number of hydrogen-bond acceptors (Lipinski definition) is 3. The van der Waals surface area contributed by atoms with Crippen molar-refractivity contribution < 1.29 is 32.1 Å². The molecule has 0 bridgehead atoms. The molecule has 0 radical (unpaired) electrons. The van der Waals surface area contributed by atoms with E-state index in [-0.39, 0.29) is 35.7 Å². The van der Waals surface area contributed by atoms with E-state index in [2.05, 4.69) is 0 Å². The highest BCUT2D eigenvalue weighted by atomic mass is 19.2. The molecule has 0 aliphatic rings. The SMILES string of the molecule is CCCC(O)c1ccc(-c2ccc(COc3ccc(-c4ccc(OCC)c(F)c4F)cc3)c(F)c2F)cc1. The van der Waals surface area contributed by atoms with Crippen molar-refractivity contribution in [2.75, 3.05) is 6.61 Å². The predicted octanol–water partition coefficient (Wildman–Crippen LogP) is 8.39. The van der Waals surface area contributed by atoms with Crippen molar-refractivity contribution in [1.82, 2.24) is 0 Å². The number of aliphatic hydroxyl groups excluding tert-OH is 1. The van der Waals surface area contributed by atoms with Gasteiger partial charge in [0.15, 0.2) is 23.2 Å². The molecule has 3 nitrogen and oxygen atoms in total. The van der Waals surface area contributed by atoms with Crippen molar-refractivity contribution in [3.05, 3.63) is 107 Å². The molecule has 7 heteroatoms. The average Bonchev–Trinajstić information content (AvgIpc) is 2.93. The zero-order valence-corrected chi connectivity index (χ0v) is 21.1. The maximum absolute atomic E-state index is 14.9. The molecule has 198 valence electrons. The van der Waals surface area contributed by atoms with Gasteiger partial charge in [0.2, 0.25) is 5.82 Å². The molecule has 1 atom stereocenters. The molecule has 1 N–H and O–H groups in total. The second-order valence-electron chi connectivity index (χ2n) is 8.81. The molecule has 4 aromatic carbocycles. The zero-order chi connectivity index (χ0) is 27.2. The van der Waals surface area contributed by atoms with E-state index in [0.29, 0.717) is 23.3 Å². The highest BCUT2D eigenvalue weighted by Gasteiger charge is 2.17. The number of halogens is 4. The number of rotatable bonds is 10. The smallest absolute Gasteiger partial charge is 0.201 e. The molecule has 0 fully saturated rings. The lowest BCUT2D eigenvalue weighted by atomic mass is 9.98. The molecule has 1 unspecified atom stereocenters. The Bertz CT molecular complexity index is 1390. The lowest BCUT2D eigenvalue weighted by molar-refractivity contribution is 0.166. The van der Waals surface area contributed by atoms with E-state index in [4.69, 9.17) is 9.47 Å². The Kier molecular flexibility index (Phi) is 8.69. The fourth-order valence-electron chi connectivity index (χ4n) is 4.16. The fraction of sp³-hybridized carbons (Fsp3) is 0.226. The molecule has 0 aliphatic carbocycles. The van der Waals surface area contributed by atoms with Crippen molar-refractivity contribution in [2.45, 2.75) is 39.4 Å². The van der Waals surface area contributed by atoms with Gasteiger partial charge < -0.3 is 14.6 Å². The number of benzene rings is 4. The molecule has 0 amide bonds. The van der Waals surface area contributed by atoms with Crippen LogP contribution in [0.3, 0.4) is 0 Å². The largest absolute Gasteiger partial charge is 0.491 e. The van der Waals surface area contributed by atoms with Crippen LogP contribution in [0, 0.1) is 23.3 Å². The minimum Gasteiger partial charge on any atom is -0.491 e. The minimum absolute atomic E-state index is 0.0324. The first kappa shape index (κ1) is 27.2. The van der Waals surface area contributed by atoms with Crippen molar-refractivity contribution >= 4 is 0 Å². The molecule has 0 saturated carbocycles. The molecule has 4 aromatic rings. The van der Waals surface area contributed by atoms with E-state index in [9.17, 15) is 22.7 Å². The summed E-state index contributed by atoms with van der Waals surface area (Å²) in [7, 11) is 0. The summed E-state index contributed by atoms with van der Waals surface area (Å²) in [5.41, 5.74) is 1.85. The molecule has 0 aliphatic heterocycles. The van der Waals surface area contributed by atoms with Gasteiger partial charge in [0, 0.05) is 16.7 Å². The number of ether oxygens (including phenoxy) is 2. The van der Waals surface area contributed by atoms with Gasteiger partial charge in [0.1, 0.15) is 12.4 Å². The van der Waals surface area contributed by atoms with Crippen LogP contribution in [0.4, 0.5) is 17.6 Å². The van der Waals surface area contributed by atoms with Crippen LogP contribution >= 0.6 is 0 Å². The van der Waals surface area contributed by atoms with Gasteiger partial charge in [-0.1, -0.05) is 61.9 Å². The van der Waals surface area contributed by atoms with Crippen LogP contribution in [0.1, 0.15) is 43.9 Å². The third-order valence-corrected chi connectivity index (χ3v) is 6.24. The lowest BCUT2D eigenvalue weighted by Crippen LogP contribution is -2.02. The topological polar surface area (TPSA) is 38.7 Å². The Morgan fingerprint density at radius 2 is 1.24 bits per heavy atom. The number of hydrogen-bond donors (Lipinski definition) is 1. The molecule has 0 saturated heterocycles. The van der Waals surface area contributed by atoms with Crippen LogP contribution in [0.2, 0.25) is 0 Å². The van der Waals surface area contributed by atoms with Gasteiger partial charge in [-0.25, -0.2) is 13.2 Å². The first-order valence-electron chi connectivity index (χ1n) is 12.4. The quantitative estimate of drug-likeness (QED) is 0.212. The standard InChI is InChI=1S/C31H28F4O3/c1-3-5-26(36)21-8-6-19(7-9-21)24-15-12-22(28(32)29(24)33)18-38-23-13-10-20(11-14-23)25-16-17-27(37-4-2)31(35)30(25)34/h6-17,26,36H,3-5,18H2,1-2H3. The van der Waals surface area contributed by atoms with Crippen LogP contribution < -0.4 is 9.47 Å². The Hall–Kier alpha value is -3.84. The fourth-order valence-corrected chi connectivity index (χ4v) is 4.16. The second-order valence-corrected chi connectivity index (χ2v) is 8.81. The summed E-state index contributed by atoms with van der Waals surface area (Å²) in [6.07, 6.45) is 0.861. The van der Waals surface area contributed by atoms with Crippen LogP contribution in [-0.4, -0.2) is 11.7 Å². The predicted molar refractivity (Wildman–Crippen MR) is 139 cm³/mol. The summed E-state index contributed by atoms with van der Waals surface area (Å²) in [5.74, 6) is -3.88. The van der Waals surface area contributed by atoms with Gasteiger partial charge in [-0.2, -0.15) is 4.39 Å². The lowest BCUT2D eigenvalue weighted by Gasteiger charge is -2.13. The molecule has 0 aromatic heterocycles. The maximum atomic E-state index is 14.9. The summed E-state index contributed by atoms with van der Waals surface area (Å²) in [6.45, 7) is 3.64. The third kappa shape index (κ3) is 5.83. The second kappa shape index (κ2) is 12.1. The zero-order valence-electron chi connectivity index (χ0n) is 21.1. The van der Waals surface area contributed by atoms with E-state index in [1.165, 1.54) is 24.3 Å². The Morgan fingerprint density at radius 3 is 1.84 bits per heavy atom. The van der Waals surface area contributed by atoms with E-state index in [0.717, 1.165) is 12.0 Å². The Morgan fingerprint density at radius 1 is 0.658 bits per heavy atom. The van der Waals surface area contributed by atoms with Gasteiger partial charge in [-0.15, -0.1) is 0 Å². The van der Waals surface area contributed by atoms with Crippen LogP contribution in [0.5, 0.6) is 11.5 Å². The van der Waals surface area contributed by atoms with E-state index in [1.54, 1.807) is 55.5 Å². The van der Waals surface area contributed by atoms with Crippen LogP contribution in [0.15, 0.2) is 72.8 Å². The Labute approximate surface area is 219 Å². The van der Waals surface area contributed by atoms with Crippen molar-refractivity contribution in [3.63, 3.8) is 0 Å². The monoisotopic (exact) mass is 524 g/mol. The van der Waals surface area contributed by atoms with E-state index >= 15 is 0 Å². The number of aliphatic hydroxyl groups is 1. The average molecular weight is 525 g/mol.